The van der Waals surface area contributed by atoms with Gasteiger partial charge in [-0.1, -0.05) is 19.8 Å². The largest absolute Gasteiger partial charge is 1.00 e. The molecule has 2 nitrogen and oxygen atoms in total. The van der Waals surface area contributed by atoms with E-state index in [2.05, 4.69) is 11.7 Å². The van der Waals surface area contributed by atoms with Gasteiger partial charge in [0.1, 0.15) is 0 Å². The summed E-state index contributed by atoms with van der Waals surface area (Å²) in [6.45, 7) is 3.19. The van der Waals surface area contributed by atoms with Crippen molar-refractivity contribution in [1.82, 2.24) is 0 Å². The number of hydrogen-bond acceptors (Lipinski definition) is 2. The van der Waals surface area contributed by atoms with Crippen LogP contribution in [0, 0.1) is 0 Å². The van der Waals surface area contributed by atoms with Gasteiger partial charge in [0.25, 0.3) is 6.47 Å². The molecule has 0 spiro atoms. The van der Waals surface area contributed by atoms with Crippen LogP contribution in [0.4, 0.5) is 0 Å². The number of hydrogen-bond donors (Lipinski definition) is 0. The zero-order chi connectivity index (χ0) is 6.24. The van der Waals surface area contributed by atoms with E-state index in [0.717, 1.165) is 12.8 Å². The third kappa shape index (κ3) is 11.8. The molecule has 0 rings (SSSR count). The number of carbonyl (C=O) groups is 1. The summed E-state index contributed by atoms with van der Waals surface area (Å²) in [5.74, 6) is 0. The summed E-state index contributed by atoms with van der Waals surface area (Å²) in [6.07, 6.45) is 3.31. The molecular weight excluding hydrogens is 127 g/mol. The van der Waals surface area contributed by atoms with Gasteiger partial charge in [-0.3, -0.25) is 4.79 Å². The molecule has 0 aromatic carbocycles. The monoisotopic (exact) mass is 140 g/mol. The SMILES string of the molecule is CCCCCOC=O.[H-].[Na+]. The third-order valence-corrected chi connectivity index (χ3v) is 0.934. The van der Waals surface area contributed by atoms with E-state index < -0.39 is 0 Å². The Labute approximate surface area is 79.7 Å². The van der Waals surface area contributed by atoms with Crippen LogP contribution in [0.25, 0.3) is 0 Å². The van der Waals surface area contributed by atoms with Gasteiger partial charge in [0.2, 0.25) is 0 Å². The number of ether oxygens (including phenoxy) is 1. The van der Waals surface area contributed by atoms with Crippen molar-refractivity contribution in [2.75, 3.05) is 6.61 Å². The summed E-state index contributed by atoms with van der Waals surface area (Å²) < 4.78 is 4.46. The minimum Gasteiger partial charge on any atom is -1.00 e. The van der Waals surface area contributed by atoms with E-state index in [4.69, 9.17) is 0 Å². The van der Waals surface area contributed by atoms with E-state index in [-0.39, 0.29) is 31.0 Å². The van der Waals surface area contributed by atoms with Gasteiger partial charge in [0.15, 0.2) is 0 Å². The molecule has 0 aliphatic rings. The maximum Gasteiger partial charge on any atom is 1.00 e. The fraction of sp³-hybridized carbons (Fsp3) is 0.833. The van der Waals surface area contributed by atoms with Crippen molar-refractivity contribution in [2.45, 2.75) is 26.2 Å². The molecule has 0 atom stereocenters. The zero-order valence-electron chi connectivity index (χ0n) is 7.22. The van der Waals surface area contributed by atoms with Crippen LogP contribution in [0.3, 0.4) is 0 Å². The van der Waals surface area contributed by atoms with Crippen LogP contribution in [0.5, 0.6) is 0 Å². The first-order chi connectivity index (χ1) is 3.91. The van der Waals surface area contributed by atoms with Crippen molar-refractivity contribution in [2.24, 2.45) is 0 Å². The van der Waals surface area contributed by atoms with Gasteiger partial charge in [-0.15, -0.1) is 0 Å². The van der Waals surface area contributed by atoms with Gasteiger partial charge in [-0.2, -0.15) is 0 Å². The summed E-state index contributed by atoms with van der Waals surface area (Å²) in [5, 5.41) is 0. The van der Waals surface area contributed by atoms with Gasteiger partial charge in [0.05, 0.1) is 6.61 Å². The number of unbranched alkanes of at least 4 members (excludes halogenated alkanes) is 2. The van der Waals surface area contributed by atoms with Crippen molar-refractivity contribution in [1.29, 1.82) is 0 Å². The first kappa shape index (κ1) is 12.2. The van der Waals surface area contributed by atoms with Gasteiger partial charge >= 0.3 is 29.6 Å². The van der Waals surface area contributed by atoms with Gasteiger partial charge in [-0.25, -0.2) is 0 Å². The fourth-order valence-corrected chi connectivity index (χ4v) is 0.484. The average molecular weight is 140 g/mol. The Balaban J connectivity index is -0.000000245. The zero-order valence-corrected chi connectivity index (χ0v) is 8.22. The number of rotatable bonds is 5. The number of carbonyl (C=O) groups excluding carboxylic acids is 1. The van der Waals surface area contributed by atoms with E-state index in [0.29, 0.717) is 13.1 Å². The predicted octanol–water partition coefficient (Wildman–Crippen LogP) is -1.53. The fourth-order valence-electron chi connectivity index (χ4n) is 0.484. The predicted molar refractivity (Wildman–Crippen MR) is 32.7 cm³/mol. The second kappa shape index (κ2) is 11.3. The van der Waals surface area contributed by atoms with Crippen LogP contribution in [-0.4, -0.2) is 13.1 Å². The maximum atomic E-state index is 9.55. The molecule has 0 saturated carbocycles. The van der Waals surface area contributed by atoms with Crippen LogP contribution in [-0.2, 0) is 9.53 Å². The molecule has 0 aliphatic heterocycles. The molecule has 3 heteroatoms. The Morgan fingerprint density at radius 2 is 2.22 bits per heavy atom. The molecule has 50 valence electrons. The Kier molecular flexibility index (Phi) is 15.3. The van der Waals surface area contributed by atoms with Crippen LogP contribution in [0.2, 0.25) is 0 Å². The van der Waals surface area contributed by atoms with E-state index in [1.807, 2.05) is 0 Å². The summed E-state index contributed by atoms with van der Waals surface area (Å²) in [4.78, 5) is 9.55. The van der Waals surface area contributed by atoms with Gasteiger partial charge in [-0.05, 0) is 6.42 Å². The summed E-state index contributed by atoms with van der Waals surface area (Å²) in [6, 6.07) is 0. The quantitative estimate of drug-likeness (QED) is 0.263. The van der Waals surface area contributed by atoms with Crippen molar-refractivity contribution in [3.05, 3.63) is 0 Å². The van der Waals surface area contributed by atoms with Gasteiger partial charge in [0, 0.05) is 0 Å². The molecule has 0 saturated heterocycles. The molecule has 0 radical (unpaired) electrons. The molecule has 0 aromatic rings. The second-order valence-corrected chi connectivity index (χ2v) is 1.67. The van der Waals surface area contributed by atoms with E-state index >= 15 is 0 Å². The molecule has 0 heterocycles. The van der Waals surface area contributed by atoms with E-state index in [1.165, 1.54) is 6.42 Å². The Hall–Kier alpha value is 0.470. The molecule has 0 bridgehead atoms. The minimum absolute atomic E-state index is 0. The Morgan fingerprint density at radius 1 is 1.56 bits per heavy atom. The molecule has 0 fully saturated rings. The Bertz CT molecular complexity index is 61.7. The van der Waals surface area contributed by atoms with Crippen LogP contribution in [0.1, 0.15) is 27.6 Å². The van der Waals surface area contributed by atoms with Crippen molar-refractivity contribution in [3.63, 3.8) is 0 Å². The smallest absolute Gasteiger partial charge is 1.00 e. The molecule has 9 heavy (non-hydrogen) atoms. The van der Waals surface area contributed by atoms with Crippen molar-refractivity contribution in [3.8, 4) is 0 Å². The molecule has 0 aliphatic carbocycles. The average Bonchev–Trinajstić information content (AvgIpc) is 1.81. The van der Waals surface area contributed by atoms with Crippen molar-refractivity contribution < 1.29 is 40.5 Å². The first-order valence-electron chi connectivity index (χ1n) is 2.97. The van der Waals surface area contributed by atoms with E-state index in [9.17, 15) is 4.79 Å². The summed E-state index contributed by atoms with van der Waals surface area (Å²) >= 11 is 0. The van der Waals surface area contributed by atoms with Gasteiger partial charge < -0.3 is 6.16 Å². The third-order valence-electron chi connectivity index (χ3n) is 0.934. The van der Waals surface area contributed by atoms with Crippen LogP contribution >= 0.6 is 0 Å². The maximum absolute atomic E-state index is 9.55. The van der Waals surface area contributed by atoms with Crippen molar-refractivity contribution >= 4 is 6.47 Å². The minimum atomic E-state index is 0. The summed E-state index contributed by atoms with van der Waals surface area (Å²) in [5.41, 5.74) is 0. The van der Waals surface area contributed by atoms with Crippen LogP contribution in [0.15, 0.2) is 0 Å². The molecular formula is C6H13NaO2. The molecule has 0 N–H and O–H groups in total. The molecule has 0 unspecified atom stereocenters. The molecule has 0 amide bonds. The van der Waals surface area contributed by atoms with Crippen LogP contribution < -0.4 is 29.6 Å². The summed E-state index contributed by atoms with van der Waals surface area (Å²) in [7, 11) is 0. The topological polar surface area (TPSA) is 26.3 Å². The second-order valence-electron chi connectivity index (χ2n) is 1.67. The Morgan fingerprint density at radius 3 is 2.67 bits per heavy atom. The van der Waals surface area contributed by atoms with E-state index in [1.54, 1.807) is 0 Å². The normalized spacial score (nSPS) is 7.67. The standard InChI is InChI=1S/C6H12O2.Na.H/c1-2-3-4-5-8-6-7;;/h6H,2-5H2,1H3;;/q;+1;-1. The molecule has 0 aromatic heterocycles. The first-order valence-corrected chi connectivity index (χ1v) is 2.97.